The second-order valence-corrected chi connectivity index (χ2v) is 7.57. The highest BCUT2D eigenvalue weighted by atomic mass is 32.1. The number of aliphatic hydroxyl groups is 1. The quantitative estimate of drug-likeness (QED) is 0.258. The maximum atomic E-state index is 12.8. The molecule has 1 aromatic heterocycles. The molecule has 8 heteroatoms. The van der Waals surface area contributed by atoms with Gasteiger partial charge in [-0.25, -0.2) is 0 Å². The zero-order valence-corrected chi connectivity index (χ0v) is 16.4. The predicted molar refractivity (Wildman–Crippen MR) is 106 cm³/mol. The third-order valence-corrected chi connectivity index (χ3v) is 5.84. The highest BCUT2D eigenvalue weighted by Crippen LogP contribution is 2.42. The molecule has 1 amide bonds. The van der Waals surface area contributed by atoms with E-state index in [-0.39, 0.29) is 22.6 Å². The van der Waals surface area contributed by atoms with Crippen LogP contribution < -0.4 is 0 Å². The number of carbonyl (C=O) groups is 2. The van der Waals surface area contributed by atoms with E-state index >= 15 is 0 Å². The molecule has 0 bridgehead atoms. The molecule has 3 rings (SSSR count). The van der Waals surface area contributed by atoms with Gasteiger partial charge in [-0.3, -0.25) is 19.7 Å². The molecule has 1 atom stereocenters. The van der Waals surface area contributed by atoms with E-state index in [0.717, 1.165) is 23.3 Å². The monoisotopic (exact) mass is 400 g/mol. The summed E-state index contributed by atoms with van der Waals surface area (Å²) < 4.78 is 0. The Labute approximate surface area is 166 Å². The number of ketones is 1. The number of amides is 1. The van der Waals surface area contributed by atoms with Crippen molar-refractivity contribution < 1.29 is 19.6 Å². The molecule has 2 heterocycles. The molecule has 1 unspecified atom stereocenters. The van der Waals surface area contributed by atoms with Gasteiger partial charge >= 0.3 is 0 Å². The Bertz CT molecular complexity index is 978. The van der Waals surface area contributed by atoms with Crippen LogP contribution in [-0.2, 0) is 9.59 Å². The maximum absolute atomic E-state index is 12.8. The molecule has 0 radical (unpaired) electrons. The zero-order chi connectivity index (χ0) is 20.4. The number of carbonyl (C=O) groups excluding carboxylic acids is 2. The summed E-state index contributed by atoms with van der Waals surface area (Å²) in [5.41, 5.74) is 0.838. The Morgan fingerprint density at radius 1 is 1.32 bits per heavy atom. The highest BCUT2D eigenvalue weighted by Gasteiger charge is 2.46. The lowest BCUT2D eigenvalue weighted by Crippen LogP contribution is -2.30. The number of non-ortho nitro benzene ring substituents is 1. The van der Waals surface area contributed by atoms with Crippen molar-refractivity contribution in [3.05, 3.63) is 67.4 Å². The van der Waals surface area contributed by atoms with Crippen LogP contribution in [0, 0.1) is 17.0 Å². The summed E-state index contributed by atoms with van der Waals surface area (Å²) in [6, 6.07) is 6.63. The van der Waals surface area contributed by atoms with Gasteiger partial charge in [0.1, 0.15) is 5.76 Å². The van der Waals surface area contributed by atoms with Gasteiger partial charge < -0.3 is 10.0 Å². The number of aliphatic hydroxyl groups excluding tert-OH is 1. The number of benzene rings is 1. The molecule has 7 nitrogen and oxygen atoms in total. The van der Waals surface area contributed by atoms with Crippen molar-refractivity contribution >= 4 is 34.5 Å². The van der Waals surface area contributed by atoms with Crippen molar-refractivity contribution in [1.29, 1.82) is 0 Å². The van der Waals surface area contributed by atoms with Crippen molar-refractivity contribution in [3.8, 4) is 0 Å². The molecule has 1 aliphatic heterocycles. The van der Waals surface area contributed by atoms with Crippen LogP contribution in [0.3, 0.4) is 0 Å². The van der Waals surface area contributed by atoms with Gasteiger partial charge in [-0.15, -0.1) is 11.3 Å². The van der Waals surface area contributed by atoms with E-state index in [4.69, 9.17) is 0 Å². The zero-order valence-electron chi connectivity index (χ0n) is 15.5. The topological polar surface area (TPSA) is 101 Å². The number of nitro benzene ring substituents is 1. The first-order valence-corrected chi connectivity index (χ1v) is 9.82. The number of unbranched alkanes of at least 4 members (excludes halogenated alkanes) is 1. The summed E-state index contributed by atoms with van der Waals surface area (Å²) in [5, 5.41) is 23.8. The van der Waals surface area contributed by atoms with E-state index in [1.807, 2.05) is 25.3 Å². The molecule has 28 heavy (non-hydrogen) atoms. The minimum absolute atomic E-state index is 0.0212. The number of Topliss-reactive ketones (excluding diaryl/α,β-unsaturated/α-hetero) is 1. The summed E-state index contributed by atoms with van der Waals surface area (Å²) >= 11 is 1.41. The first-order chi connectivity index (χ1) is 13.4. The maximum Gasteiger partial charge on any atom is 0.295 e. The number of hydrogen-bond donors (Lipinski definition) is 1. The average Bonchev–Trinajstić information content (AvgIpc) is 3.21. The van der Waals surface area contributed by atoms with Crippen LogP contribution in [0.2, 0.25) is 0 Å². The summed E-state index contributed by atoms with van der Waals surface area (Å²) in [7, 11) is 0. The van der Waals surface area contributed by atoms with Crippen LogP contribution in [0.4, 0.5) is 5.69 Å². The van der Waals surface area contributed by atoms with Crippen molar-refractivity contribution in [2.75, 3.05) is 6.54 Å². The first kappa shape index (κ1) is 19.8. The summed E-state index contributed by atoms with van der Waals surface area (Å²) in [5.74, 6) is -1.81. The Hall–Kier alpha value is -3.00. The number of nitro groups is 1. The lowest BCUT2D eigenvalue weighted by Gasteiger charge is -2.24. The van der Waals surface area contributed by atoms with Crippen LogP contribution in [0.25, 0.3) is 5.76 Å². The molecule has 2 aromatic rings. The SMILES string of the molecule is CCCCN1C(=O)C(=O)/C(=C(\O)c2cccc([N+](=O)[O-])c2)C1c1sccc1C. The van der Waals surface area contributed by atoms with Crippen molar-refractivity contribution in [2.45, 2.75) is 32.7 Å². The Kier molecular flexibility index (Phi) is 5.60. The van der Waals surface area contributed by atoms with Gasteiger partial charge in [-0.2, -0.15) is 0 Å². The normalized spacial score (nSPS) is 18.6. The Morgan fingerprint density at radius 3 is 2.68 bits per heavy atom. The third kappa shape index (κ3) is 3.43. The highest BCUT2D eigenvalue weighted by molar-refractivity contribution is 7.10. The molecule has 1 fully saturated rings. The Morgan fingerprint density at radius 2 is 2.07 bits per heavy atom. The van der Waals surface area contributed by atoms with Crippen molar-refractivity contribution in [1.82, 2.24) is 4.90 Å². The van der Waals surface area contributed by atoms with Gasteiger partial charge in [0.25, 0.3) is 17.4 Å². The lowest BCUT2D eigenvalue weighted by molar-refractivity contribution is -0.384. The molecule has 1 aliphatic rings. The second-order valence-electron chi connectivity index (χ2n) is 6.62. The number of rotatable bonds is 6. The second kappa shape index (κ2) is 7.93. The van der Waals surface area contributed by atoms with E-state index in [1.165, 1.54) is 40.5 Å². The molecule has 0 spiro atoms. The number of thiophene rings is 1. The first-order valence-electron chi connectivity index (χ1n) is 8.94. The minimum Gasteiger partial charge on any atom is -0.507 e. The van der Waals surface area contributed by atoms with E-state index in [2.05, 4.69) is 0 Å². The smallest absolute Gasteiger partial charge is 0.295 e. The molecule has 1 aromatic carbocycles. The largest absolute Gasteiger partial charge is 0.507 e. The summed E-state index contributed by atoms with van der Waals surface area (Å²) in [6.07, 6.45) is 1.58. The average molecular weight is 400 g/mol. The van der Waals surface area contributed by atoms with Gasteiger partial charge in [0.15, 0.2) is 0 Å². The Balaban J connectivity index is 2.18. The van der Waals surface area contributed by atoms with Crippen molar-refractivity contribution in [2.24, 2.45) is 0 Å². The van der Waals surface area contributed by atoms with Crippen LogP contribution >= 0.6 is 11.3 Å². The third-order valence-electron chi connectivity index (χ3n) is 4.77. The van der Waals surface area contributed by atoms with E-state index in [1.54, 1.807) is 0 Å². The molecule has 1 N–H and O–H groups in total. The molecule has 1 saturated heterocycles. The molecule has 0 saturated carbocycles. The van der Waals surface area contributed by atoms with Gasteiger partial charge in [0, 0.05) is 29.1 Å². The van der Waals surface area contributed by atoms with Gasteiger partial charge in [0.05, 0.1) is 16.5 Å². The summed E-state index contributed by atoms with van der Waals surface area (Å²) in [4.78, 5) is 38.3. The number of nitrogens with zero attached hydrogens (tertiary/aromatic N) is 2. The fourth-order valence-corrected chi connectivity index (χ4v) is 4.35. The minimum atomic E-state index is -0.766. The van der Waals surface area contributed by atoms with Crippen LogP contribution in [0.5, 0.6) is 0 Å². The van der Waals surface area contributed by atoms with Crippen LogP contribution in [0.15, 0.2) is 41.3 Å². The lowest BCUT2D eigenvalue weighted by atomic mass is 9.98. The number of likely N-dealkylation sites (tertiary alicyclic amines) is 1. The fraction of sp³-hybridized carbons (Fsp3) is 0.300. The van der Waals surface area contributed by atoms with E-state index in [9.17, 15) is 24.8 Å². The summed E-state index contributed by atoms with van der Waals surface area (Å²) in [6.45, 7) is 4.28. The molecular formula is C20H20N2O5S. The predicted octanol–water partition coefficient (Wildman–Crippen LogP) is 4.19. The van der Waals surface area contributed by atoms with Crippen LogP contribution in [-0.4, -0.2) is 33.2 Å². The van der Waals surface area contributed by atoms with E-state index < -0.39 is 22.7 Å². The van der Waals surface area contributed by atoms with E-state index in [0.29, 0.717) is 6.54 Å². The van der Waals surface area contributed by atoms with Gasteiger partial charge in [0.2, 0.25) is 0 Å². The molecular weight excluding hydrogens is 380 g/mol. The van der Waals surface area contributed by atoms with Gasteiger partial charge in [-0.05, 0) is 30.4 Å². The molecule has 146 valence electrons. The van der Waals surface area contributed by atoms with Gasteiger partial charge in [-0.1, -0.05) is 25.5 Å². The molecule has 0 aliphatic carbocycles. The van der Waals surface area contributed by atoms with Crippen molar-refractivity contribution in [3.63, 3.8) is 0 Å². The fourth-order valence-electron chi connectivity index (χ4n) is 3.30. The standard InChI is InChI=1S/C20H20N2O5S/c1-3-4-9-21-16(19-12(2)8-10-28-19)15(18(24)20(21)25)17(23)13-6-5-7-14(11-13)22(26)27/h5-8,10-11,16,23H,3-4,9H2,1-2H3/b17-15-. The number of aryl methyl sites for hydroxylation is 1. The number of hydrogen-bond acceptors (Lipinski definition) is 6. The van der Waals surface area contributed by atoms with Crippen LogP contribution in [0.1, 0.15) is 41.8 Å².